The number of hydrogen-bond donors (Lipinski definition) is 0. The molecule has 162 valence electrons. The molecule has 0 aliphatic rings. The van der Waals surface area contributed by atoms with E-state index >= 15 is 0 Å². The Kier molecular flexibility index (Phi) is 6.34. The molecule has 11 nitrogen and oxygen atoms in total. The van der Waals surface area contributed by atoms with Crippen molar-refractivity contribution in [3.8, 4) is 22.9 Å². The van der Waals surface area contributed by atoms with Gasteiger partial charge in [0.1, 0.15) is 11.5 Å². The molecule has 0 aliphatic carbocycles. The molecule has 1 aromatic heterocycles. The summed E-state index contributed by atoms with van der Waals surface area (Å²) in [6.45, 7) is -0.306. The van der Waals surface area contributed by atoms with Gasteiger partial charge in [-0.2, -0.15) is 4.98 Å². The molecule has 0 fully saturated rings. The number of carbonyl (C=O) groups excluding carboxylic acids is 1. The largest absolute Gasteiger partial charge is 0.497 e. The van der Waals surface area contributed by atoms with Crippen LogP contribution in [-0.2, 0) is 11.3 Å². The lowest BCUT2D eigenvalue weighted by atomic mass is 10.1. The number of hydrogen-bond acceptors (Lipinski definition) is 10. The van der Waals surface area contributed by atoms with Crippen molar-refractivity contribution >= 4 is 17.3 Å². The van der Waals surface area contributed by atoms with Gasteiger partial charge in [0.2, 0.25) is 5.82 Å². The van der Waals surface area contributed by atoms with Gasteiger partial charge in [-0.3, -0.25) is 10.1 Å². The van der Waals surface area contributed by atoms with E-state index in [-0.39, 0.29) is 29.6 Å². The molecule has 0 saturated heterocycles. The highest BCUT2D eigenvalue weighted by atomic mass is 16.6. The Balaban J connectivity index is 1.78. The molecule has 0 amide bonds. The first-order chi connectivity index (χ1) is 14.8. The fourth-order valence-electron chi connectivity index (χ4n) is 2.80. The highest BCUT2D eigenvalue weighted by Gasteiger charge is 2.21. The zero-order valence-corrected chi connectivity index (χ0v) is 17.3. The van der Waals surface area contributed by atoms with Crippen LogP contribution in [0.5, 0.6) is 11.5 Å². The van der Waals surface area contributed by atoms with Crippen molar-refractivity contribution in [1.82, 2.24) is 10.1 Å². The maximum absolute atomic E-state index is 12.6. The first-order valence-electron chi connectivity index (χ1n) is 9.02. The average molecular weight is 428 g/mol. The molecule has 2 aromatic carbocycles. The number of carbonyl (C=O) groups is 1. The molecule has 0 saturated carbocycles. The highest BCUT2D eigenvalue weighted by molar-refractivity contribution is 5.96. The van der Waals surface area contributed by atoms with E-state index in [2.05, 4.69) is 10.1 Å². The minimum Gasteiger partial charge on any atom is -0.497 e. The number of nitro groups is 1. The average Bonchev–Trinajstić information content (AvgIpc) is 3.25. The number of anilines is 1. The Morgan fingerprint density at radius 3 is 2.58 bits per heavy atom. The Morgan fingerprint density at radius 1 is 1.16 bits per heavy atom. The van der Waals surface area contributed by atoms with Gasteiger partial charge in [0, 0.05) is 32.3 Å². The van der Waals surface area contributed by atoms with E-state index in [1.165, 1.54) is 32.4 Å². The van der Waals surface area contributed by atoms with Crippen molar-refractivity contribution in [1.29, 1.82) is 0 Å². The van der Waals surface area contributed by atoms with Gasteiger partial charge in [0.25, 0.3) is 11.6 Å². The van der Waals surface area contributed by atoms with Gasteiger partial charge in [-0.05, 0) is 18.2 Å². The SMILES string of the molecule is COc1ccc(-c2noc(COC(=O)c3cc([N+](=O)[O-])ccc3N(C)C)n2)c(OC)c1. The summed E-state index contributed by atoms with van der Waals surface area (Å²) in [6, 6.07) is 9.08. The molecule has 11 heteroatoms. The Bertz CT molecular complexity index is 1110. The van der Waals surface area contributed by atoms with E-state index in [1.807, 2.05) is 0 Å². The lowest BCUT2D eigenvalue weighted by molar-refractivity contribution is -0.384. The van der Waals surface area contributed by atoms with Crippen LogP contribution < -0.4 is 14.4 Å². The number of rotatable bonds is 8. The third-order valence-electron chi connectivity index (χ3n) is 4.34. The number of nitrogens with zero attached hydrogens (tertiary/aromatic N) is 4. The fraction of sp³-hybridized carbons (Fsp3) is 0.250. The van der Waals surface area contributed by atoms with E-state index in [4.69, 9.17) is 18.7 Å². The molecule has 0 aliphatic heterocycles. The molecule has 0 atom stereocenters. The third kappa shape index (κ3) is 4.71. The molecule has 1 heterocycles. The zero-order valence-electron chi connectivity index (χ0n) is 17.3. The van der Waals surface area contributed by atoms with Crippen LogP contribution in [0.4, 0.5) is 11.4 Å². The summed E-state index contributed by atoms with van der Waals surface area (Å²) in [6.07, 6.45) is 0. The summed E-state index contributed by atoms with van der Waals surface area (Å²) in [5.41, 5.74) is 0.878. The number of esters is 1. The van der Waals surface area contributed by atoms with Crippen molar-refractivity contribution in [2.75, 3.05) is 33.2 Å². The monoisotopic (exact) mass is 428 g/mol. The van der Waals surface area contributed by atoms with E-state index in [0.29, 0.717) is 22.7 Å². The Morgan fingerprint density at radius 2 is 1.94 bits per heavy atom. The molecule has 0 spiro atoms. The molecule has 0 unspecified atom stereocenters. The molecule has 0 bridgehead atoms. The predicted molar refractivity (Wildman–Crippen MR) is 109 cm³/mol. The minimum absolute atomic E-state index is 0.0516. The topological polar surface area (TPSA) is 130 Å². The summed E-state index contributed by atoms with van der Waals surface area (Å²) in [5, 5.41) is 14.9. The van der Waals surface area contributed by atoms with Crippen LogP contribution in [0.3, 0.4) is 0 Å². The summed E-state index contributed by atoms with van der Waals surface area (Å²) in [5.74, 6) is 0.630. The second-order valence-corrected chi connectivity index (χ2v) is 6.51. The van der Waals surface area contributed by atoms with Gasteiger partial charge >= 0.3 is 5.97 Å². The normalized spacial score (nSPS) is 10.5. The zero-order chi connectivity index (χ0) is 22.5. The van der Waals surface area contributed by atoms with Crippen LogP contribution >= 0.6 is 0 Å². The highest BCUT2D eigenvalue weighted by Crippen LogP contribution is 2.31. The van der Waals surface area contributed by atoms with E-state index in [1.54, 1.807) is 37.2 Å². The predicted octanol–water partition coefficient (Wildman–Crippen LogP) is 3.09. The van der Waals surface area contributed by atoms with Crippen molar-refractivity contribution in [3.63, 3.8) is 0 Å². The van der Waals surface area contributed by atoms with Crippen LogP contribution in [0.25, 0.3) is 11.4 Å². The lowest BCUT2D eigenvalue weighted by Crippen LogP contribution is -2.16. The molecular formula is C20H20N4O7. The second kappa shape index (κ2) is 9.11. The molecule has 0 N–H and O–H groups in total. The first kappa shape index (κ1) is 21.6. The van der Waals surface area contributed by atoms with Crippen LogP contribution in [0.1, 0.15) is 16.2 Å². The van der Waals surface area contributed by atoms with Crippen LogP contribution in [-0.4, -0.2) is 49.3 Å². The first-order valence-corrected chi connectivity index (χ1v) is 9.02. The minimum atomic E-state index is -0.755. The smallest absolute Gasteiger partial charge is 0.341 e. The molecule has 31 heavy (non-hydrogen) atoms. The Hall–Kier alpha value is -4.15. The molecular weight excluding hydrogens is 408 g/mol. The van der Waals surface area contributed by atoms with E-state index in [0.717, 1.165) is 0 Å². The van der Waals surface area contributed by atoms with Gasteiger partial charge in [-0.15, -0.1) is 0 Å². The summed E-state index contributed by atoms with van der Waals surface area (Å²) < 4.78 is 20.9. The standard InChI is InChI=1S/C20H20N4O7/c1-23(2)16-8-5-12(24(26)27)9-15(16)20(25)30-11-18-21-19(22-31-18)14-7-6-13(28-3)10-17(14)29-4/h5-10H,11H2,1-4H3. The molecule has 3 aromatic rings. The molecule has 0 radical (unpaired) electrons. The van der Waals surface area contributed by atoms with E-state index in [9.17, 15) is 14.9 Å². The Labute approximate surface area is 177 Å². The fourth-order valence-corrected chi connectivity index (χ4v) is 2.80. The van der Waals surface area contributed by atoms with Gasteiger partial charge in [0.15, 0.2) is 6.61 Å². The number of non-ortho nitro benzene ring substituents is 1. The van der Waals surface area contributed by atoms with Crippen molar-refractivity contribution < 1.29 is 28.5 Å². The lowest BCUT2D eigenvalue weighted by Gasteiger charge is -2.16. The number of methoxy groups -OCH3 is 2. The van der Waals surface area contributed by atoms with Crippen molar-refractivity contribution in [2.45, 2.75) is 6.61 Å². The maximum Gasteiger partial charge on any atom is 0.341 e. The van der Waals surface area contributed by atoms with Crippen LogP contribution in [0.2, 0.25) is 0 Å². The summed E-state index contributed by atoms with van der Waals surface area (Å²) in [7, 11) is 6.47. The van der Waals surface area contributed by atoms with Crippen molar-refractivity contribution in [2.24, 2.45) is 0 Å². The van der Waals surface area contributed by atoms with Gasteiger partial charge in [-0.1, -0.05) is 5.16 Å². The molecule has 3 rings (SSSR count). The van der Waals surface area contributed by atoms with Crippen LogP contribution in [0, 0.1) is 10.1 Å². The number of ether oxygens (including phenoxy) is 3. The number of aromatic nitrogens is 2. The second-order valence-electron chi connectivity index (χ2n) is 6.51. The number of benzene rings is 2. The third-order valence-corrected chi connectivity index (χ3v) is 4.34. The van der Waals surface area contributed by atoms with Crippen LogP contribution in [0.15, 0.2) is 40.9 Å². The maximum atomic E-state index is 12.6. The van der Waals surface area contributed by atoms with E-state index < -0.39 is 10.9 Å². The summed E-state index contributed by atoms with van der Waals surface area (Å²) >= 11 is 0. The summed E-state index contributed by atoms with van der Waals surface area (Å²) in [4.78, 5) is 28.9. The van der Waals surface area contributed by atoms with Gasteiger partial charge < -0.3 is 23.6 Å². The van der Waals surface area contributed by atoms with Crippen molar-refractivity contribution in [3.05, 3.63) is 58.0 Å². The van der Waals surface area contributed by atoms with Gasteiger partial charge in [-0.25, -0.2) is 4.79 Å². The quantitative estimate of drug-likeness (QED) is 0.300. The van der Waals surface area contributed by atoms with Gasteiger partial charge in [0.05, 0.1) is 36.0 Å². The number of nitro benzene ring substituents is 1.